The van der Waals surface area contributed by atoms with Crippen molar-refractivity contribution in [3.05, 3.63) is 35.9 Å². The van der Waals surface area contributed by atoms with Crippen LogP contribution in [0.4, 0.5) is 0 Å². The smallest absolute Gasteiger partial charge is 0.237 e. The van der Waals surface area contributed by atoms with Gasteiger partial charge in [0.25, 0.3) is 0 Å². The molecule has 118 valence electrons. The molecule has 0 aromatic heterocycles. The largest absolute Gasteiger partial charge is 0.368 e. The Hall–Kier alpha value is -1.59. The van der Waals surface area contributed by atoms with Crippen LogP contribution in [0.1, 0.15) is 37.8 Å². The molecule has 0 radical (unpaired) electrons. The summed E-state index contributed by atoms with van der Waals surface area (Å²) in [5.41, 5.74) is 12.1. The van der Waals surface area contributed by atoms with Crippen molar-refractivity contribution < 1.29 is 9.59 Å². The van der Waals surface area contributed by atoms with Gasteiger partial charge in [-0.15, -0.1) is 12.4 Å². The molecule has 4 N–H and O–H groups in total. The van der Waals surface area contributed by atoms with Gasteiger partial charge >= 0.3 is 0 Å². The average molecular weight is 314 g/mol. The minimum absolute atomic E-state index is 0. The van der Waals surface area contributed by atoms with Gasteiger partial charge in [0.2, 0.25) is 11.8 Å². The minimum atomic E-state index is -0.497. The maximum atomic E-state index is 12.2. The van der Waals surface area contributed by atoms with Crippen LogP contribution in [0.5, 0.6) is 0 Å². The first-order valence-electron chi connectivity index (χ1n) is 6.91. The van der Waals surface area contributed by atoms with Crippen molar-refractivity contribution in [3.8, 4) is 0 Å². The van der Waals surface area contributed by atoms with Gasteiger partial charge < -0.3 is 16.4 Å². The number of benzene rings is 1. The molecule has 5 nitrogen and oxygen atoms in total. The molecule has 0 aliphatic carbocycles. The van der Waals surface area contributed by atoms with E-state index < -0.39 is 5.91 Å². The molecule has 21 heavy (non-hydrogen) atoms. The van der Waals surface area contributed by atoms with Crippen LogP contribution in [-0.4, -0.2) is 29.8 Å². The van der Waals surface area contributed by atoms with Crippen LogP contribution in [0, 0.1) is 0 Å². The molecular weight excluding hydrogens is 290 g/mol. The van der Waals surface area contributed by atoms with Gasteiger partial charge in [-0.3, -0.25) is 9.59 Å². The molecule has 1 atom stereocenters. The van der Waals surface area contributed by atoms with E-state index >= 15 is 0 Å². The average Bonchev–Trinajstić information content (AvgIpc) is 2.43. The Morgan fingerprint density at radius 3 is 2.38 bits per heavy atom. The van der Waals surface area contributed by atoms with Gasteiger partial charge in [-0.1, -0.05) is 43.7 Å². The van der Waals surface area contributed by atoms with Crippen molar-refractivity contribution in [2.45, 2.75) is 32.2 Å². The molecule has 0 aliphatic heterocycles. The zero-order valence-corrected chi connectivity index (χ0v) is 13.1. The molecule has 6 heteroatoms. The van der Waals surface area contributed by atoms with Crippen LogP contribution >= 0.6 is 12.4 Å². The number of halogens is 1. The molecule has 0 aliphatic rings. The van der Waals surface area contributed by atoms with E-state index in [1.807, 2.05) is 37.3 Å². The second-order valence-electron chi connectivity index (χ2n) is 4.86. The first kappa shape index (κ1) is 19.4. The Morgan fingerprint density at radius 2 is 1.86 bits per heavy atom. The fourth-order valence-electron chi connectivity index (χ4n) is 1.96. The summed E-state index contributed by atoms with van der Waals surface area (Å²) in [6.07, 6.45) is 1.98. The van der Waals surface area contributed by atoms with E-state index in [1.165, 1.54) is 4.90 Å². The molecule has 0 bridgehead atoms. The molecule has 0 saturated heterocycles. The van der Waals surface area contributed by atoms with Gasteiger partial charge in [-0.25, -0.2) is 0 Å². The number of hydrogen-bond acceptors (Lipinski definition) is 3. The van der Waals surface area contributed by atoms with Crippen LogP contribution in [0.2, 0.25) is 0 Å². The van der Waals surface area contributed by atoms with Crippen molar-refractivity contribution in [3.63, 3.8) is 0 Å². The fourth-order valence-corrected chi connectivity index (χ4v) is 1.96. The van der Waals surface area contributed by atoms with E-state index in [1.54, 1.807) is 0 Å². The highest BCUT2D eigenvalue weighted by Gasteiger charge is 2.18. The number of hydrogen-bond donors (Lipinski definition) is 2. The first-order valence-corrected chi connectivity index (χ1v) is 6.91. The van der Waals surface area contributed by atoms with E-state index in [4.69, 9.17) is 11.5 Å². The summed E-state index contributed by atoms with van der Waals surface area (Å²) in [6.45, 7) is 2.53. The molecule has 2 amide bonds. The lowest BCUT2D eigenvalue weighted by atomic mass is 10.0. The number of unbranched alkanes of at least 4 members (excludes halogenated alkanes) is 1. The number of rotatable bonds is 8. The van der Waals surface area contributed by atoms with Crippen molar-refractivity contribution in [2.24, 2.45) is 11.5 Å². The van der Waals surface area contributed by atoms with Crippen LogP contribution in [0.25, 0.3) is 0 Å². The van der Waals surface area contributed by atoms with Crippen molar-refractivity contribution >= 4 is 24.2 Å². The molecule has 1 unspecified atom stereocenters. The van der Waals surface area contributed by atoms with Gasteiger partial charge in [-0.2, -0.15) is 0 Å². The zero-order valence-electron chi connectivity index (χ0n) is 12.3. The molecule has 0 heterocycles. The lowest BCUT2D eigenvalue weighted by Gasteiger charge is -2.23. The third kappa shape index (κ3) is 7.11. The quantitative estimate of drug-likeness (QED) is 0.764. The second kappa shape index (κ2) is 10.2. The molecule has 1 rings (SSSR count). The summed E-state index contributed by atoms with van der Waals surface area (Å²) in [5.74, 6) is -0.628. The van der Waals surface area contributed by atoms with Gasteiger partial charge in [0.15, 0.2) is 0 Å². The first-order chi connectivity index (χ1) is 9.54. The summed E-state index contributed by atoms with van der Waals surface area (Å²) in [7, 11) is 0. The van der Waals surface area contributed by atoms with Crippen LogP contribution in [-0.2, 0) is 9.59 Å². The van der Waals surface area contributed by atoms with E-state index in [9.17, 15) is 9.59 Å². The standard InChI is InChI=1S/C15H23N3O2.ClH/c1-2-3-9-18(11-14(17)19)15(20)10-13(16)12-7-5-4-6-8-12;/h4-8,13H,2-3,9-11,16H2,1H3,(H2,17,19);1H. The Bertz CT molecular complexity index is 440. The number of primary amides is 1. The zero-order chi connectivity index (χ0) is 15.0. The maximum Gasteiger partial charge on any atom is 0.237 e. The monoisotopic (exact) mass is 313 g/mol. The van der Waals surface area contributed by atoms with Crippen molar-refractivity contribution in [2.75, 3.05) is 13.1 Å². The van der Waals surface area contributed by atoms with E-state index in [0.717, 1.165) is 18.4 Å². The number of nitrogens with two attached hydrogens (primary N) is 2. The number of nitrogens with zero attached hydrogens (tertiary/aromatic N) is 1. The van der Waals surface area contributed by atoms with Gasteiger partial charge in [0.1, 0.15) is 0 Å². The Kier molecular flexibility index (Phi) is 9.41. The molecule has 0 spiro atoms. The maximum absolute atomic E-state index is 12.2. The predicted molar refractivity (Wildman–Crippen MR) is 85.9 cm³/mol. The van der Waals surface area contributed by atoms with Crippen LogP contribution in [0.15, 0.2) is 30.3 Å². The molecule has 0 fully saturated rings. The van der Waals surface area contributed by atoms with Crippen LogP contribution in [0.3, 0.4) is 0 Å². The normalized spacial score (nSPS) is 11.3. The molecular formula is C15H24ClN3O2. The second-order valence-corrected chi connectivity index (χ2v) is 4.86. The summed E-state index contributed by atoms with van der Waals surface area (Å²) in [5, 5.41) is 0. The van der Waals surface area contributed by atoms with Crippen molar-refractivity contribution in [1.29, 1.82) is 0 Å². The summed E-state index contributed by atoms with van der Waals surface area (Å²) < 4.78 is 0. The van der Waals surface area contributed by atoms with Gasteiger partial charge in [0, 0.05) is 19.0 Å². The highest BCUT2D eigenvalue weighted by molar-refractivity contribution is 5.85. The van der Waals surface area contributed by atoms with Crippen molar-refractivity contribution in [1.82, 2.24) is 4.90 Å². The Morgan fingerprint density at radius 1 is 1.24 bits per heavy atom. The van der Waals surface area contributed by atoms with Gasteiger partial charge in [0.05, 0.1) is 6.54 Å². The number of amides is 2. The fraction of sp³-hybridized carbons (Fsp3) is 0.467. The lowest BCUT2D eigenvalue weighted by Crippen LogP contribution is -2.40. The van der Waals surface area contributed by atoms with E-state index in [0.29, 0.717) is 6.54 Å². The highest BCUT2D eigenvalue weighted by Crippen LogP contribution is 2.15. The Balaban J connectivity index is 0.00000400. The number of carbonyl (C=O) groups excluding carboxylic acids is 2. The minimum Gasteiger partial charge on any atom is -0.368 e. The summed E-state index contributed by atoms with van der Waals surface area (Å²) in [6, 6.07) is 9.10. The molecule has 1 aromatic carbocycles. The Labute approximate surface area is 132 Å². The topological polar surface area (TPSA) is 89.4 Å². The number of carbonyl (C=O) groups is 2. The lowest BCUT2D eigenvalue weighted by molar-refractivity contribution is -0.135. The van der Waals surface area contributed by atoms with E-state index in [2.05, 4.69) is 0 Å². The van der Waals surface area contributed by atoms with E-state index in [-0.39, 0.29) is 37.3 Å². The molecule has 1 aromatic rings. The SMILES string of the molecule is CCCCN(CC(N)=O)C(=O)CC(N)c1ccccc1.Cl. The summed E-state index contributed by atoms with van der Waals surface area (Å²) in [4.78, 5) is 24.7. The van der Waals surface area contributed by atoms with Crippen LogP contribution < -0.4 is 11.5 Å². The molecule has 0 saturated carbocycles. The summed E-state index contributed by atoms with van der Waals surface area (Å²) >= 11 is 0. The van der Waals surface area contributed by atoms with Gasteiger partial charge in [-0.05, 0) is 12.0 Å². The highest BCUT2D eigenvalue weighted by atomic mass is 35.5. The predicted octanol–water partition coefficient (Wildman–Crippen LogP) is 1.61. The third-order valence-corrected chi connectivity index (χ3v) is 3.10. The third-order valence-electron chi connectivity index (χ3n) is 3.10.